The average molecular weight is 569 g/mol. The van der Waals surface area contributed by atoms with Crippen LogP contribution >= 0.6 is 38.5 Å². The largest absolute Gasteiger partial charge is 0.489 e. The molecule has 0 unspecified atom stereocenters. The quantitative estimate of drug-likeness (QED) is 0.212. The molecule has 4 aromatic carbocycles. The Morgan fingerprint density at radius 2 is 1.40 bits per heavy atom. The van der Waals surface area contributed by atoms with Crippen molar-refractivity contribution >= 4 is 38.5 Å². The lowest BCUT2D eigenvalue weighted by molar-refractivity contribution is 0.303. The SMILES string of the molecule is CCc1c(OCc2ccccc2)cc(Br)c(I)c1-c1ccccc1-c1ccccc1. The van der Waals surface area contributed by atoms with Crippen molar-refractivity contribution < 1.29 is 4.74 Å². The molecule has 0 bridgehead atoms. The Morgan fingerprint density at radius 3 is 2.07 bits per heavy atom. The molecule has 0 saturated carbocycles. The summed E-state index contributed by atoms with van der Waals surface area (Å²) in [6, 6.07) is 31.6. The molecule has 4 rings (SSSR count). The monoisotopic (exact) mass is 568 g/mol. The van der Waals surface area contributed by atoms with Gasteiger partial charge in [0.1, 0.15) is 12.4 Å². The number of benzene rings is 4. The molecular formula is C27H22BrIO. The van der Waals surface area contributed by atoms with Crippen molar-refractivity contribution in [1.82, 2.24) is 0 Å². The summed E-state index contributed by atoms with van der Waals surface area (Å²) in [7, 11) is 0. The van der Waals surface area contributed by atoms with Crippen LogP contribution in [0.1, 0.15) is 18.1 Å². The molecule has 4 aromatic rings. The van der Waals surface area contributed by atoms with Gasteiger partial charge in [-0.05, 0) is 73.3 Å². The molecule has 0 amide bonds. The van der Waals surface area contributed by atoms with Gasteiger partial charge in [-0.3, -0.25) is 0 Å². The molecule has 0 atom stereocenters. The summed E-state index contributed by atoms with van der Waals surface area (Å²) in [5.41, 5.74) is 7.34. The molecule has 3 heteroatoms. The lowest BCUT2D eigenvalue weighted by Gasteiger charge is -2.20. The summed E-state index contributed by atoms with van der Waals surface area (Å²) >= 11 is 6.22. The topological polar surface area (TPSA) is 9.23 Å². The van der Waals surface area contributed by atoms with Gasteiger partial charge in [0.15, 0.2) is 0 Å². The first-order chi connectivity index (χ1) is 14.7. The van der Waals surface area contributed by atoms with Crippen molar-refractivity contribution in [3.63, 3.8) is 0 Å². The molecule has 0 heterocycles. The second-order valence-corrected chi connectivity index (χ2v) is 9.00. The minimum absolute atomic E-state index is 0.556. The van der Waals surface area contributed by atoms with E-state index in [1.165, 1.54) is 37.0 Å². The van der Waals surface area contributed by atoms with Crippen LogP contribution in [0.25, 0.3) is 22.3 Å². The molecule has 0 aromatic heterocycles. The van der Waals surface area contributed by atoms with Gasteiger partial charge in [0.25, 0.3) is 0 Å². The Hall–Kier alpha value is -2.11. The summed E-state index contributed by atoms with van der Waals surface area (Å²) in [6.07, 6.45) is 0.895. The fraction of sp³-hybridized carbons (Fsp3) is 0.111. The van der Waals surface area contributed by atoms with E-state index in [-0.39, 0.29) is 0 Å². The maximum Gasteiger partial charge on any atom is 0.124 e. The number of halogens is 2. The van der Waals surface area contributed by atoms with E-state index in [1.54, 1.807) is 0 Å². The number of hydrogen-bond acceptors (Lipinski definition) is 1. The lowest BCUT2D eigenvalue weighted by Crippen LogP contribution is -2.02. The highest BCUT2D eigenvalue weighted by atomic mass is 127. The smallest absolute Gasteiger partial charge is 0.124 e. The summed E-state index contributed by atoms with van der Waals surface area (Å²) in [5.74, 6) is 0.937. The van der Waals surface area contributed by atoms with Crippen LogP contribution in [0.15, 0.2) is 95.5 Å². The Labute approximate surface area is 200 Å². The zero-order valence-electron chi connectivity index (χ0n) is 16.7. The average Bonchev–Trinajstić information content (AvgIpc) is 2.80. The van der Waals surface area contributed by atoms with Gasteiger partial charge in [-0.2, -0.15) is 0 Å². The van der Waals surface area contributed by atoms with Gasteiger partial charge in [-0.25, -0.2) is 0 Å². The van der Waals surface area contributed by atoms with E-state index in [0.29, 0.717) is 6.61 Å². The van der Waals surface area contributed by atoms with Crippen LogP contribution < -0.4 is 4.74 Å². The van der Waals surface area contributed by atoms with Crippen molar-refractivity contribution in [3.8, 4) is 28.0 Å². The van der Waals surface area contributed by atoms with Crippen molar-refractivity contribution in [3.05, 3.63) is 110 Å². The van der Waals surface area contributed by atoms with E-state index in [1.807, 2.05) is 18.2 Å². The molecule has 0 saturated heterocycles. The van der Waals surface area contributed by atoms with Crippen molar-refractivity contribution in [1.29, 1.82) is 0 Å². The molecule has 0 aliphatic rings. The fourth-order valence-electron chi connectivity index (χ4n) is 3.71. The minimum Gasteiger partial charge on any atom is -0.489 e. The zero-order chi connectivity index (χ0) is 20.9. The van der Waals surface area contributed by atoms with Gasteiger partial charge in [0, 0.05) is 19.2 Å². The van der Waals surface area contributed by atoms with Gasteiger partial charge < -0.3 is 4.74 Å². The lowest BCUT2D eigenvalue weighted by atomic mass is 9.90. The van der Waals surface area contributed by atoms with E-state index in [9.17, 15) is 0 Å². The second-order valence-electron chi connectivity index (χ2n) is 7.06. The zero-order valence-corrected chi connectivity index (χ0v) is 20.5. The number of rotatable bonds is 6. The fourth-order valence-corrected chi connectivity index (χ4v) is 4.89. The predicted molar refractivity (Wildman–Crippen MR) is 138 cm³/mol. The van der Waals surface area contributed by atoms with Crippen molar-refractivity contribution in [2.45, 2.75) is 20.0 Å². The van der Waals surface area contributed by atoms with E-state index in [0.717, 1.165) is 16.6 Å². The van der Waals surface area contributed by atoms with Crippen LogP contribution in [-0.2, 0) is 13.0 Å². The van der Waals surface area contributed by atoms with Gasteiger partial charge in [0.2, 0.25) is 0 Å². The van der Waals surface area contributed by atoms with Gasteiger partial charge in [-0.15, -0.1) is 0 Å². The molecule has 150 valence electrons. The Balaban J connectivity index is 1.84. The van der Waals surface area contributed by atoms with Crippen LogP contribution in [0, 0.1) is 3.57 Å². The molecule has 0 aliphatic heterocycles. The van der Waals surface area contributed by atoms with Crippen LogP contribution in [-0.4, -0.2) is 0 Å². The molecule has 30 heavy (non-hydrogen) atoms. The van der Waals surface area contributed by atoms with Crippen LogP contribution in [0.5, 0.6) is 5.75 Å². The Bertz CT molecular complexity index is 1140. The normalized spacial score (nSPS) is 10.8. The predicted octanol–water partition coefficient (Wildman–Crippen LogP) is 8.53. The molecule has 0 radical (unpaired) electrons. The maximum atomic E-state index is 6.32. The highest BCUT2D eigenvalue weighted by Gasteiger charge is 2.19. The highest BCUT2D eigenvalue weighted by Crippen LogP contribution is 2.43. The standard InChI is InChI=1S/C27H22BrIO/c1-2-21-25(30-18-19-11-5-3-6-12-19)17-24(28)27(29)26(21)23-16-10-9-15-22(23)20-13-7-4-8-14-20/h3-17H,2,18H2,1H3. The number of ether oxygens (including phenoxy) is 1. The number of hydrogen-bond donors (Lipinski definition) is 0. The van der Waals surface area contributed by atoms with Crippen LogP contribution in [0.4, 0.5) is 0 Å². The molecule has 0 fully saturated rings. The van der Waals surface area contributed by atoms with Gasteiger partial charge in [0.05, 0.1) is 0 Å². The van der Waals surface area contributed by atoms with E-state index >= 15 is 0 Å². The third-order valence-electron chi connectivity index (χ3n) is 5.16. The third-order valence-corrected chi connectivity index (χ3v) is 7.65. The second kappa shape index (κ2) is 9.80. The van der Waals surface area contributed by atoms with E-state index < -0.39 is 0 Å². The first-order valence-corrected chi connectivity index (χ1v) is 11.9. The van der Waals surface area contributed by atoms with Crippen LogP contribution in [0.3, 0.4) is 0 Å². The molecule has 0 spiro atoms. The maximum absolute atomic E-state index is 6.32. The summed E-state index contributed by atoms with van der Waals surface area (Å²) in [4.78, 5) is 0. The van der Waals surface area contributed by atoms with Crippen molar-refractivity contribution in [2.75, 3.05) is 0 Å². The third kappa shape index (κ3) is 4.47. The first-order valence-electron chi connectivity index (χ1n) is 10.0. The van der Waals surface area contributed by atoms with E-state index in [2.05, 4.69) is 118 Å². The van der Waals surface area contributed by atoms with Gasteiger partial charge >= 0.3 is 0 Å². The van der Waals surface area contributed by atoms with E-state index in [4.69, 9.17) is 4.74 Å². The Morgan fingerprint density at radius 1 is 0.800 bits per heavy atom. The van der Waals surface area contributed by atoms with Crippen LogP contribution in [0.2, 0.25) is 0 Å². The molecule has 1 nitrogen and oxygen atoms in total. The highest BCUT2D eigenvalue weighted by molar-refractivity contribution is 14.1. The summed E-state index contributed by atoms with van der Waals surface area (Å²) in [6.45, 7) is 2.75. The molecule has 0 N–H and O–H groups in total. The van der Waals surface area contributed by atoms with Crippen molar-refractivity contribution in [2.24, 2.45) is 0 Å². The minimum atomic E-state index is 0.556. The summed E-state index contributed by atoms with van der Waals surface area (Å²) < 4.78 is 8.59. The van der Waals surface area contributed by atoms with Gasteiger partial charge in [-0.1, -0.05) is 91.9 Å². The summed E-state index contributed by atoms with van der Waals surface area (Å²) in [5, 5.41) is 0. The molecule has 0 aliphatic carbocycles. The molecular weight excluding hydrogens is 547 g/mol. The Kier molecular flexibility index (Phi) is 6.90. The first kappa shape index (κ1) is 21.1.